The third kappa shape index (κ3) is 2.34. The van der Waals surface area contributed by atoms with Crippen LogP contribution < -0.4 is 5.32 Å². The Balaban J connectivity index is 1.74. The van der Waals surface area contributed by atoms with Gasteiger partial charge in [-0.05, 0) is 29.7 Å². The van der Waals surface area contributed by atoms with Gasteiger partial charge in [-0.3, -0.25) is 10.1 Å². The molecule has 102 valence electrons. The lowest BCUT2D eigenvalue weighted by molar-refractivity contribution is -0.384. The second kappa shape index (κ2) is 5.13. The SMILES string of the molecule is O=[N+]([O-])c1ccc(Cl)cc1NCC1Cc2ccccc21. The second-order valence-corrected chi connectivity index (χ2v) is 5.34. The monoisotopic (exact) mass is 288 g/mol. The molecule has 0 saturated carbocycles. The van der Waals surface area contributed by atoms with E-state index in [1.165, 1.54) is 23.3 Å². The lowest BCUT2D eigenvalue weighted by atomic mass is 9.77. The Hall–Kier alpha value is -2.07. The van der Waals surface area contributed by atoms with Crippen molar-refractivity contribution in [2.45, 2.75) is 12.3 Å². The van der Waals surface area contributed by atoms with Gasteiger partial charge in [-0.1, -0.05) is 35.9 Å². The third-order valence-electron chi connectivity index (χ3n) is 3.66. The van der Waals surface area contributed by atoms with Gasteiger partial charge in [-0.15, -0.1) is 0 Å². The van der Waals surface area contributed by atoms with E-state index < -0.39 is 4.92 Å². The van der Waals surface area contributed by atoms with Gasteiger partial charge in [0.15, 0.2) is 0 Å². The molecule has 0 aromatic heterocycles. The van der Waals surface area contributed by atoms with Crippen LogP contribution in [0.25, 0.3) is 0 Å². The maximum atomic E-state index is 11.0. The van der Waals surface area contributed by atoms with Crippen LogP contribution in [0.2, 0.25) is 5.02 Å². The summed E-state index contributed by atoms with van der Waals surface area (Å²) in [7, 11) is 0. The molecule has 0 aliphatic heterocycles. The minimum atomic E-state index is -0.395. The summed E-state index contributed by atoms with van der Waals surface area (Å²) < 4.78 is 0. The first-order valence-electron chi connectivity index (χ1n) is 6.41. The molecule has 20 heavy (non-hydrogen) atoms. The largest absolute Gasteiger partial charge is 0.379 e. The first kappa shape index (κ1) is 12.9. The van der Waals surface area contributed by atoms with Crippen LogP contribution in [0.15, 0.2) is 42.5 Å². The molecule has 2 aromatic carbocycles. The molecule has 4 nitrogen and oxygen atoms in total. The van der Waals surface area contributed by atoms with E-state index in [-0.39, 0.29) is 5.69 Å². The van der Waals surface area contributed by atoms with E-state index in [4.69, 9.17) is 11.6 Å². The summed E-state index contributed by atoms with van der Waals surface area (Å²) in [5.74, 6) is 0.407. The molecule has 1 aliphatic rings. The van der Waals surface area contributed by atoms with Gasteiger partial charge in [0.25, 0.3) is 5.69 Å². The Morgan fingerprint density at radius 1 is 1.30 bits per heavy atom. The highest BCUT2D eigenvalue weighted by Gasteiger charge is 2.25. The molecule has 0 fully saturated rings. The lowest BCUT2D eigenvalue weighted by Gasteiger charge is -2.30. The van der Waals surface area contributed by atoms with Gasteiger partial charge in [0.1, 0.15) is 5.69 Å². The summed E-state index contributed by atoms with van der Waals surface area (Å²) in [6.07, 6.45) is 1.01. The molecular weight excluding hydrogens is 276 g/mol. The predicted octanol–water partition coefficient (Wildman–Crippen LogP) is 4.00. The zero-order valence-corrected chi connectivity index (χ0v) is 11.4. The lowest BCUT2D eigenvalue weighted by Crippen LogP contribution is -2.24. The van der Waals surface area contributed by atoms with Crippen LogP contribution in [-0.2, 0) is 6.42 Å². The highest BCUT2D eigenvalue weighted by atomic mass is 35.5. The molecule has 0 saturated heterocycles. The molecule has 0 heterocycles. The fraction of sp³-hybridized carbons (Fsp3) is 0.200. The number of hydrogen-bond donors (Lipinski definition) is 1. The summed E-state index contributed by atoms with van der Waals surface area (Å²) in [5, 5.41) is 14.6. The maximum Gasteiger partial charge on any atom is 0.292 e. The van der Waals surface area contributed by atoms with Gasteiger partial charge in [0.2, 0.25) is 0 Å². The van der Waals surface area contributed by atoms with Crippen LogP contribution >= 0.6 is 11.6 Å². The number of nitrogens with one attached hydrogen (secondary N) is 1. The molecule has 0 spiro atoms. The first-order valence-corrected chi connectivity index (χ1v) is 6.78. The van der Waals surface area contributed by atoms with Crippen LogP contribution in [0.5, 0.6) is 0 Å². The molecule has 1 unspecified atom stereocenters. The van der Waals surface area contributed by atoms with Crippen molar-refractivity contribution in [3.63, 3.8) is 0 Å². The van der Waals surface area contributed by atoms with Gasteiger partial charge >= 0.3 is 0 Å². The molecule has 0 amide bonds. The zero-order chi connectivity index (χ0) is 14.1. The highest BCUT2D eigenvalue weighted by Crippen LogP contribution is 2.36. The summed E-state index contributed by atoms with van der Waals surface area (Å²) >= 11 is 5.90. The van der Waals surface area contributed by atoms with Crippen LogP contribution in [0.1, 0.15) is 17.0 Å². The molecule has 3 rings (SSSR count). The summed E-state index contributed by atoms with van der Waals surface area (Å²) in [5.41, 5.74) is 3.22. The van der Waals surface area contributed by atoms with Gasteiger partial charge in [-0.25, -0.2) is 0 Å². The molecule has 1 aliphatic carbocycles. The van der Waals surface area contributed by atoms with E-state index in [9.17, 15) is 10.1 Å². The minimum absolute atomic E-state index is 0.0574. The average molecular weight is 289 g/mol. The number of nitro benzene ring substituents is 1. The van der Waals surface area contributed by atoms with Crippen molar-refractivity contribution in [1.82, 2.24) is 0 Å². The van der Waals surface area contributed by atoms with Gasteiger partial charge < -0.3 is 5.32 Å². The van der Waals surface area contributed by atoms with Crippen molar-refractivity contribution >= 4 is 23.0 Å². The fourth-order valence-electron chi connectivity index (χ4n) is 2.59. The fourth-order valence-corrected chi connectivity index (χ4v) is 2.76. The quantitative estimate of drug-likeness (QED) is 0.683. The van der Waals surface area contributed by atoms with Crippen LogP contribution in [0.4, 0.5) is 11.4 Å². The van der Waals surface area contributed by atoms with Crippen molar-refractivity contribution in [2.75, 3.05) is 11.9 Å². The highest BCUT2D eigenvalue weighted by molar-refractivity contribution is 6.31. The Morgan fingerprint density at radius 2 is 2.10 bits per heavy atom. The number of hydrogen-bond acceptors (Lipinski definition) is 3. The topological polar surface area (TPSA) is 55.2 Å². The molecule has 1 atom stereocenters. The Labute approximate surface area is 121 Å². The van der Waals surface area contributed by atoms with E-state index in [2.05, 4.69) is 17.4 Å². The van der Waals surface area contributed by atoms with Crippen molar-refractivity contribution in [2.24, 2.45) is 0 Å². The normalized spacial score (nSPS) is 16.1. The Morgan fingerprint density at radius 3 is 2.85 bits per heavy atom. The van der Waals surface area contributed by atoms with E-state index in [0.717, 1.165) is 6.42 Å². The van der Waals surface area contributed by atoms with E-state index >= 15 is 0 Å². The van der Waals surface area contributed by atoms with Crippen molar-refractivity contribution < 1.29 is 4.92 Å². The standard InChI is InChI=1S/C15H13ClN2O2/c16-12-5-6-15(18(19)20)14(8-12)17-9-11-7-10-3-1-2-4-13(10)11/h1-6,8,11,17H,7,9H2. The molecule has 0 bridgehead atoms. The molecule has 2 aromatic rings. The van der Waals surface area contributed by atoms with Crippen LogP contribution in [0, 0.1) is 10.1 Å². The van der Waals surface area contributed by atoms with Gasteiger partial charge in [0.05, 0.1) is 4.92 Å². The average Bonchev–Trinajstić information content (AvgIpc) is 2.39. The number of nitro groups is 1. The molecule has 5 heteroatoms. The van der Waals surface area contributed by atoms with Crippen LogP contribution in [0.3, 0.4) is 0 Å². The van der Waals surface area contributed by atoms with Crippen molar-refractivity contribution in [3.8, 4) is 0 Å². The number of benzene rings is 2. The van der Waals surface area contributed by atoms with Crippen molar-refractivity contribution in [3.05, 3.63) is 68.7 Å². The minimum Gasteiger partial charge on any atom is -0.379 e. The predicted molar refractivity (Wildman–Crippen MR) is 79.5 cm³/mol. The van der Waals surface area contributed by atoms with Gasteiger partial charge in [0, 0.05) is 23.6 Å². The number of halogens is 1. The Kier molecular flexibility index (Phi) is 3.32. The summed E-state index contributed by atoms with van der Waals surface area (Å²) in [4.78, 5) is 10.6. The van der Waals surface area contributed by atoms with E-state index in [1.807, 2.05) is 12.1 Å². The van der Waals surface area contributed by atoms with Crippen molar-refractivity contribution in [1.29, 1.82) is 0 Å². The second-order valence-electron chi connectivity index (χ2n) is 4.90. The summed E-state index contributed by atoms with van der Waals surface area (Å²) in [6.45, 7) is 0.679. The molecule has 1 N–H and O–H groups in total. The third-order valence-corrected chi connectivity index (χ3v) is 3.89. The van der Waals surface area contributed by atoms with Gasteiger partial charge in [-0.2, -0.15) is 0 Å². The van der Waals surface area contributed by atoms with Crippen LogP contribution in [-0.4, -0.2) is 11.5 Å². The maximum absolute atomic E-state index is 11.0. The first-order chi connectivity index (χ1) is 9.65. The van der Waals surface area contributed by atoms with E-state index in [1.54, 1.807) is 6.07 Å². The number of anilines is 1. The van der Waals surface area contributed by atoms with E-state index in [0.29, 0.717) is 23.2 Å². The number of nitrogens with zero attached hydrogens (tertiary/aromatic N) is 1. The number of fused-ring (bicyclic) bond motifs is 1. The summed E-state index contributed by atoms with van der Waals surface area (Å²) in [6, 6.07) is 12.8. The Bertz CT molecular complexity index is 673. The zero-order valence-electron chi connectivity index (χ0n) is 10.7. The molecule has 0 radical (unpaired) electrons. The number of rotatable bonds is 4. The smallest absolute Gasteiger partial charge is 0.292 e. The molecular formula is C15H13ClN2O2.